The van der Waals surface area contributed by atoms with Crippen molar-refractivity contribution in [2.75, 3.05) is 40.8 Å². The summed E-state index contributed by atoms with van der Waals surface area (Å²) in [6.45, 7) is 4.35. The van der Waals surface area contributed by atoms with E-state index in [9.17, 15) is 9.18 Å². The second kappa shape index (κ2) is 12.5. The van der Waals surface area contributed by atoms with Gasteiger partial charge in [-0.25, -0.2) is 4.39 Å². The van der Waals surface area contributed by atoms with E-state index in [4.69, 9.17) is 4.74 Å². The maximum absolute atomic E-state index is 13.0. The van der Waals surface area contributed by atoms with Crippen molar-refractivity contribution in [3.8, 4) is 5.75 Å². The van der Waals surface area contributed by atoms with Crippen molar-refractivity contribution in [1.29, 1.82) is 0 Å². The Labute approximate surface area is 183 Å². The van der Waals surface area contributed by atoms with Crippen molar-refractivity contribution in [2.24, 2.45) is 4.99 Å². The van der Waals surface area contributed by atoms with Crippen molar-refractivity contribution in [3.63, 3.8) is 0 Å². The molecule has 0 aromatic heterocycles. The molecule has 0 saturated heterocycles. The average molecular weight is 430 g/mol. The molecular formula is C23H32FN5O2. The van der Waals surface area contributed by atoms with Crippen LogP contribution in [0, 0.1) is 5.82 Å². The van der Waals surface area contributed by atoms with Crippen LogP contribution in [0.15, 0.2) is 53.5 Å². The fraction of sp³-hybridized carbons (Fsp3) is 0.391. The number of rotatable bonds is 10. The first-order valence-corrected chi connectivity index (χ1v) is 10.3. The van der Waals surface area contributed by atoms with Crippen LogP contribution in [0.5, 0.6) is 5.75 Å². The number of guanidine groups is 1. The first kappa shape index (κ1) is 24.1. The first-order valence-electron chi connectivity index (χ1n) is 10.3. The van der Waals surface area contributed by atoms with Gasteiger partial charge in [-0.3, -0.25) is 9.79 Å². The summed E-state index contributed by atoms with van der Waals surface area (Å²) >= 11 is 0. The van der Waals surface area contributed by atoms with E-state index in [1.807, 2.05) is 44.1 Å². The van der Waals surface area contributed by atoms with Gasteiger partial charge in [0.1, 0.15) is 17.7 Å². The molecule has 1 unspecified atom stereocenters. The summed E-state index contributed by atoms with van der Waals surface area (Å²) in [5.41, 5.74) is 1.60. The molecule has 168 valence electrons. The number of nitrogens with zero attached hydrogens (tertiary/aromatic N) is 2. The Balaban J connectivity index is 1.79. The van der Waals surface area contributed by atoms with Crippen LogP contribution in [0.1, 0.15) is 22.8 Å². The van der Waals surface area contributed by atoms with E-state index in [2.05, 4.69) is 20.9 Å². The summed E-state index contributed by atoms with van der Waals surface area (Å²) in [5, 5.41) is 9.35. The van der Waals surface area contributed by atoms with Crippen LogP contribution in [0.2, 0.25) is 0 Å². The summed E-state index contributed by atoms with van der Waals surface area (Å²) < 4.78 is 18.7. The molecule has 0 aliphatic rings. The minimum atomic E-state index is -0.294. The highest BCUT2D eigenvalue weighted by Gasteiger charge is 2.08. The van der Waals surface area contributed by atoms with Gasteiger partial charge >= 0.3 is 0 Å². The molecule has 0 radical (unpaired) electrons. The van der Waals surface area contributed by atoms with Gasteiger partial charge in [0, 0.05) is 32.2 Å². The third-order valence-corrected chi connectivity index (χ3v) is 4.43. The largest absolute Gasteiger partial charge is 0.489 e. The molecule has 1 atom stereocenters. The monoisotopic (exact) mass is 429 g/mol. The van der Waals surface area contributed by atoms with Crippen LogP contribution in [0.3, 0.4) is 0 Å². The highest BCUT2D eigenvalue weighted by molar-refractivity contribution is 5.94. The molecule has 0 aliphatic heterocycles. The molecule has 1 amide bonds. The van der Waals surface area contributed by atoms with Gasteiger partial charge in [-0.1, -0.05) is 12.1 Å². The first-order chi connectivity index (χ1) is 14.9. The third-order valence-electron chi connectivity index (χ3n) is 4.43. The fourth-order valence-corrected chi connectivity index (χ4v) is 2.75. The van der Waals surface area contributed by atoms with Crippen molar-refractivity contribution in [3.05, 3.63) is 65.5 Å². The standard InChI is InChI=1S/C23H32FN5O2/c1-17(31-21-10-8-20(24)9-11-21)15-27-23(25-2)28-16-18-6-5-7-19(14-18)22(30)26-12-13-29(3)4/h5-11,14,17H,12-13,15-16H2,1-4H3,(H,26,30)(H2,25,27,28). The Kier molecular flexibility index (Phi) is 9.77. The SMILES string of the molecule is CN=C(NCc1cccc(C(=O)NCCN(C)C)c1)NCC(C)Oc1ccc(F)cc1. The molecule has 0 aliphatic carbocycles. The normalized spacial score (nSPS) is 12.4. The lowest BCUT2D eigenvalue weighted by Gasteiger charge is -2.18. The van der Waals surface area contributed by atoms with Crippen LogP contribution < -0.4 is 20.7 Å². The molecule has 3 N–H and O–H groups in total. The molecular weight excluding hydrogens is 397 g/mol. The Morgan fingerprint density at radius 1 is 1.13 bits per heavy atom. The molecule has 0 fully saturated rings. The Bertz CT molecular complexity index is 855. The number of aliphatic imine (C=N–C) groups is 1. The van der Waals surface area contributed by atoms with E-state index in [0.717, 1.165) is 12.1 Å². The molecule has 0 bridgehead atoms. The highest BCUT2D eigenvalue weighted by atomic mass is 19.1. The summed E-state index contributed by atoms with van der Waals surface area (Å²) in [4.78, 5) is 18.5. The summed E-state index contributed by atoms with van der Waals surface area (Å²) in [6, 6.07) is 13.4. The number of ether oxygens (including phenoxy) is 1. The number of carbonyl (C=O) groups excluding carboxylic acids is 1. The zero-order chi connectivity index (χ0) is 22.6. The summed E-state index contributed by atoms with van der Waals surface area (Å²) in [7, 11) is 5.62. The van der Waals surface area contributed by atoms with Gasteiger partial charge in [0.25, 0.3) is 5.91 Å². The number of benzene rings is 2. The van der Waals surface area contributed by atoms with Gasteiger partial charge in [0.05, 0.1) is 6.54 Å². The summed E-state index contributed by atoms with van der Waals surface area (Å²) in [6.07, 6.45) is -0.141. The molecule has 2 rings (SSSR count). The number of hydrogen-bond acceptors (Lipinski definition) is 4. The lowest BCUT2D eigenvalue weighted by molar-refractivity contribution is 0.0951. The maximum Gasteiger partial charge on any atom is 0.251 e. The number of likely N-dealkylation sites (N-methyl/N-ethyl adjacent to an activating group) is 1. The summed E-state index contributed by atoms with van der Waals surface area (Å²) in [5.74, 6) is 0.852. The van der Waals surface area contributed by atoms with Crippen LogP contribution in [0.4, 0.5) is 4.39 Å². The quantitative estimate of drug-likeness (QED) is 0.399. The van der Waals surface area contributed by atoms with Gasteiger partial charge in [-0.05, 0) is 63.0 Å². The van der Waals surface area contributed by atoms with E-state index >= 15 is 0 Å². The van der Waals surface area contributed by atoms with Crippen LogP contribution in [-0.2, 0) is 6.54 Å². The molecule has 31 heavy (non-hydrogen) atoms. The van der Waals surface area contributed by atoms with Crippen molar-refractivity contribution in [1.82, 2.24) is 20.9 Å². The number of nitrogens with one attached hydrogen (secondary N) is 3. The van der Waals surface area contributed by atoms with Gasteiger partial charge in [-0.15, -0.1) is 0 Å². The molecule has 2 aromatic rings. The maximum atomic E-state index is 13.0. The third kappa shape index (κ3) is 9.04. The van der Waals surface area contributed by atoms with Gasteiger partial charge in [0.2, 0.25) is 0 Å². The van der Waals surface area contributed by atoms with Crippen LogP contribution in [-0.4, -0.2) is 63.6 Å². The lowest BCUT2D eigenvalue weighted by Crippen LogP contribution is -2.41. The molecule has 0 heterocycles. The second-order valence-corrected chi connectivity index (χ2v) is 7.45. The predicted molar refractivity (Wildman–Crippen MR) is 122 cm³/mol. The van der Waals surface area contributed by atoms with E-state index in [0.29, 0.717) is 36.9 Å². The predicted octanol–water partition coefficient (Wildman–Crippen LogP) is 2.25. The van der Waals surface area contributed by atoms with E-state index < -0.39 is 0 Å². The number of carbonyl (C=O) groups is 1. The fourth-order valence-electron chi connectivity index (χ4n) is 2.75. The van der Waals surface area contributed by atoms with Crippen LogP contribution >= 0.6 is 0 Å². The lowest BCUT2D eigenvalue weighted by atomic mass is 10.1. The van der Waals surface area contributed by atoms with Gasteiger partial charge in [-0.2, -0.15) is 0 Å². The number of halogens is 1. The Hall–Kier alpha value is -3.13. The van der Waals surface area contributed by atoms with Gasteiger partial charge in [0.15, 0.2) is 5.96 Å². The zero-order valence-electron chi connectivity index (χ0n) is 18.6. The van der Waals surface area contributed by atoms with Crippen LogP contribution in [0.25, 0.3) is 0 Å². The molecule has 2 aromatic carbocycles. The minimum Gasteiger partial charge on any atom is -0.489 e. The smallest absolute Gasteiger partial charge is 0.251 e. The van der Waals surface area contributed by atoms with Crippen molar-refractivity contribution < 1.29 is 13.9 Å². The van der Waals surface area contributed by atoms with E-state index in [1.54, 1.807) is 25.2 Å². The minimum absolute atomic E-state index is 0.0852. The Morgan fingerprint density at radius 3 is 2.55 bits per heavy atom. The average Bonchev–Trinajstić information content (AvgIpc) is 2.75. The molecule has 7 nitrogen and oxygen atoms in total. The molecule has 8 heteroatoms. The van der Waals surface area contributed by atoms with Crippen molar-refractivity contribution >= 4 is 11.9 Å². The van der Waals surface area contributed by atoms with E-state index in [1.165, 1.54) is 12.1 Å². The topological polar surface area (TPSA) is 78.0 Å². The second-order valence-electron chi connectivity index (χ2n) is 7.45. The highest BCUT2D eigenvalue weighted by Crippen LogP contribution is 2.12. The van der Waals surface area contributed by atoms with Crippen molar-refractivity contribution in [2.45, 2.75) is 19.6 Å². The van der Waals surface area contributed by atoms with E-state index in [-0.39, 0.29) is 17.8 Å². The van der Waals surface area contributed by atoms with Gasteiger partial charge < -0.3 is 25.6 Å². The Morgan fingerprint density at radius 2 is 1.87 bits per heavy atom. The molecule has 0 spiro atoms. The zero-order valence-corrected chi connectivity index (χ0v) is 18.6. The molecule has 0 saturated carbocycles. The number of amides is 1. The number of hydrogen-bond donors (Lipinski definition) is 3.